The second-order valence-electron chi connectivity index (χ2n) is 4.19. The average Bonchev–Trinajstić information content (AvgIpc) is 2.76. The van der Waals surface area contributed by atoms with Gasteiger partial charge >= 0.3 is 0 Å². The first-order chi connectivity index (χ1) is 9.25. The minimum atomic E-state index is -0.185. The molecule has 6 heteroatoms. The molecule has 19 heavy (non-hydrogen) atoms. The molecule has 1 aromatic heterocycles. The van der Waals surface area contributed by atoms with Gasteiger partial charge in [0.05, 0.1) is 11.6 Å². The van der Waals surface area contributed by atoms with Gasteiger partial charge in [-0.1, -0.05) is 29.8 Å². The van der Waals surface area contributed by atoms with Crippen LogP contribution >= 0.6 is 11.6 Å². The van der Waals surface area contributed by atoms with Crippen LogP contribution in [-0.4, -0.2) is 22.2 Å². The number of halogens is 1. The van der Waals surface area contributed by atoms with Crippen molar-refractivity contribution < 1.29 is 9.53 Å². The van der Waals surface area contributed by atoms with E-state index >= 15 is 0 Å². The first kappa shape index (κ1) is 12.0. The molecule has 98 valence electrons. The Morgan fingerprint density at radius 3 is 2.89 bits per heavy atom. The second kappa shape index (κ2) is 4.93. The Labute approximate surface area is 115 Å². The Morgan fingerprint density at radius 2 is 2.16 bits per heavy atom. The van der Waals surface area contributed by atoms with Crippen LogP contribution in [0.5, 0.6) is 5.75 Å². The van der Waals surface area contributed by atoms with Crippen molar-refractivity contribution in [1.29, 1.82) is 0 Å². The molecule has 0 radical (unpaired) electrons. The van der Waals surface area contributed by atoms with E-state index in [0.717, 1.165) is 5.75 Å². The van der Waals surface area contributed by atoms with Crippen molar-refractivity contribution in [3.05, 3.63) is 46.7 Å². The number of hydrogen-bond donors (Lipinski definition) is 1. The van der Waals surface area contributed by atoms with Crippen LogP contribution in [0, 0.1) is 0 Å². The summed E-state index contributed by atoms with van der Waals surface area (Å²) in [6.07, 6.45) is 0. The number of ether oxygens (including phenoxy) is 1. The molecule has 2 heterocycles. The fourth-order valence-corrected chi connectivity index (χ4v) is 2.26. The summed E-state index contributed by atoms with van der Waals surface area (Å²) in [5.74, 6) is 0.559. The number of para-hydroxylation sites is 1. The van der Waals surface area contributed by atoms with Gasteiger partial charge in [0, 0.05) is 6.54 Å². The summed E-state index contributed by atoms with van der Waals surface area (Å²) in [7, 11) is 0. The van der Waals surface area contributed by atoms with E-state index in [0.29, 0.717) is 29.5 Å². The highest BCUT2D eigenvalue weighted by Crippen LogP contribution is 2.23. The smallest absolute Gasteiger partial charge is 0.271 e. The third-order valence-corrected chi connectivity index (χ3v) is 3.30. The van der Waals surface area contributed by atoms with E-state index in [1.165, 1.54) is 0 Å². The molecular weight excluding hydrogens is 266 g/mol. The molecular formula is C13H12ClN3O2. The molecule has 0 aliphatic carbocycles. The largest absolute Gasteiger partial charge is 0.487 e. The third kappa shape index (κ3) is 2.29. The Hall–Kier alpha value is -2.01. The van der Waals surface area contributed by atoms with Crippen LogP contribution < -0.4 is 10.1 Å². The molecule has 0 saturated heterocycles. The van der Waals surface area contributed by atoms with Gasteiger partial charge in [0.2, 0.25) is 0 Å². The number of hydrogen-bond acceptors (Lipinski definition) is 3. The summed E-state index contributed by atoms with van der Waals surface area (Å²) in [5.41, 5.74) is 0.997. The highest BCUT2D eigenvalue weighted by Gasteiger charge is 2.25. The van der Waals surface area contributed by atoms with Crippen LogP contribution in [0.2, 0.25) is 5.02 Å². The molecule has 0 bridgehead atoms. The van der Waals surface area contributed by atoms with Crippen molar-refractivity contribution in [2.24, 2.45) is 0 Å². The fourth-order valence-electron chi connectivity index (χ4n) is 1.99. The monoisotopic (exact) mass is 277 g/mol. The normalized spacial score (nSPS) is 13.8. The van der Waals surface area contributed by atoms with Crippen molar-refractivity contribution in [3.63, 3.8) is 0 Å². The van der Waals surface area contributed by atoms with E-state index in [2.05, 4.69) is 10.4 Å². The number of carbonyl (C=O) groups is 1. The van der Waals surface area contributed by atoms with Crippen molar-refractivity contribution >= 4 is 17.5 Å². The Balaban J connectivity index is 1.81. The molecule has 0 atom stereocenters. The van der Waals surface area contributed by atoms with Gasteiger partial charge in [-0.3, -0.25) is 9.48 Å². The number of fused-ring (bicyclic) bond motifs is 1. The van der Waals surface area contributed by atoms with Gasteiger partial charge in [-0.15, -0.1) is 0 Å². The van der Waals surface area contributed by atoms with Gasteiger partial charge in [-0.2, -0.15) is 5.10 Å². The number of benzene rings is 1. The standard InChI is InChI=1S/C13H12ClN3O2/c14-11-10(8-19-9-4-2-1-3-5-9)16-17-7-6-15-13(18)12(11)17/h1-5H,6-8H2,(H,15,18). The summed E-state index contributed by atoms with van der Waals surface area (Å²) < 4.78 is 7.22. The summed E-state index contributed by atoms with van der Waals surface area (Å²) in [6, 6.07) is 9.41. The molecule has 0 saturated carbocycles. The molecule has 1 aliphatic heterocycles. The van der Waals surface area contributed by atoms with E-state index in [1.807, 2.05) is 30.3 Å². The zero-order chi connectivity index (χ0) is 13.2. The van der Waals surface area contributed by atoms with E-state index in [4.69, 9.17) is 16.3 Å². The first-order valence-corrected chi connectivity index (χ1v) is 6.35. The van der Waals surface area contributed by atoms with Crippen LogP contribution in [0.25, 0.3) is 0 Å². The van der Waals surface area contributed by atoms with Crippen LogP contribution in [0.4, 0.5) is 0 Å². The highest BCUT2D eigenvalue weighted by atomic mass is 35.5. The lowest BCUT2D eigenvalue weighted by molar-refractivity contribution is 0.0924. The van der Waals surface area contributed by atoms with Crippen molar-refractivity contribution in [2.75, 3.05) is 6.54 Å². The topological polar surface area (TPSA) is 56.2 Å². The molecule has 1 aromatic carbocycles. The lowest BCUT2D eigenvalue weighted by Crippen LogP contribution is -2.35. The Bertz CT molecular complexity index is 610. The third-order valence-electron chi connectivity index (χ3n) is 2.90. The van der Waals surface area contributed by atoms with Gasteiger partial charge in [0.25, 0.3) is 5.91 Å². The van der Waals surface area contributed by atoms with Gasteiger partial charge in [0.1, 0.15) is 23.7 Å². The highest BCUT2D eigenvalue weighted by molar-refractivity contribution is 6.34. The molecule has 5 nitrogen and oxygen atoms in total. The molecule has 1 aliphatic rings. The molecule has 1 amide bonds. The van der Waals surface area contributed by atoms with Crippen LogP contribution in [0.3, 0.4) is 0 Å². The van der Waals surface area contributed by atoms with Crippen molar-refractivity contribution in [3.8, 4) is 5.75 Å². The minimum absolute atomic E-state index is 0.185. The van der Waals surface area contributed by atoms with E-state index in [1.54, 1.807) is 4.68 Å². The van der Waals surface area contributed by atoms with Crippen LogP contribution in [0.1, 0.15) is 16.2 Å². The van der Waals surface area contributed by atoms with E-state index < -0.39 is 0 Å². The zero-order valence-electron chi connectivity index (χ0n) is 10.1. The van der Waals surface area contributed by atoms with Crippen LogP contribution in [-0.2, 0) is 13.2 Å². The Morgan fingerprint density at radius 1 is 1.37 bits per heavy atom. The SMILES string of the molecule is O=C1NCCn2nc(COc3ccccc3)c(Cl)c21. The average molecular weight is 278 g/mol. The maximum absolute atomic E-state index is 11.7. The Kier molecular flexibility index (Phi) is 3.13. The minimum Gasteiger partial charge on any atom is -0.487 e. The van der Waals surface area contributed by atoms with Crippen molar-refractivity contribution in [1.82, 2.24) is 15.1 Å². The fraction of sp³-hybridized carbons (Fsp3) is 0.231. The number of amides is 1. The van der Waals surface area contributed by atoms with Gasteiger partial charge in [-0.05, 0) is 12.1 Å². The summed E-state index contributed by atoms with van der Waals surface area (Å²) >= 11 is 6.18. The lowest BCUT2D eigenvalue weighted by atomic mass is 10.3. The summed E-state index contributed by atoms with van der Waals surface area (Å²) in [6.45, 7) is 1.45. The maximum Gasteiger partial charge on any atom is 0.271 e. The predicted molar refractivity (Wildman–Crippen MR) is 70.3 cm³/mol. The molecule has 0 spiro atoms. The summed E-state index contributed by atoms with van der Waals surface area (Å²) in [5, 5.41) is 7.42. The zero-order valence-corrected chi connectivity index (χ0v) is 10.9. The molecule has 1 N–H and O–H groups in total. The van der Waals surface area contributed by atoms with Gasteiger partial charge in [-0.25, -0.2) is 0 Å². The maximum atomic E-state index is 11.7. The number of nitrogens with zero attached hydrogens (tertiary/aromatic N) is 2. The first-order valence-electron chi connectivity index (χ1n) is 5.97. The van der Waals surface area contributed by atoms with E-state index in [9.17, 15) is 4.79 Å². The molecule has 0 unspecified atom stereocenters. The number of rotatable bonds is 3. The van der Waals surface area contributed by atoms with E-state index in [-0.39, 0.29) is 12.5 Å². The number of carbonyl (C=O) groups excluding carboxylic acids is 1. The molecule has 3 rings (SSSR count). The summed E-state index contributed by atoms with van der Waals surface area (Å²) in [4.78, 5) is 11.7. The van der Waals surface area contributed by atoms with Crippen LogP contribution in [0.15, 0.2) is 30.3 Å². The number of aromatic nitrogens is 2. The van der Waals surface area contributed by atoms with Crippen molar-refractivity contribution in [2.45, 2.75) is 13.2 Å². The van der Waals surface area contributed by atoms with Gasteiger partial charge in [0.15, 0.2) is 0 Å². The lowest BCUT2D eigenvalue weighted by Gasteiger charge is -2.13. The molecule has 0 fully saturated rings. The second-order valence-corrected chi connectivity index (χ2v) is 4.57. The van der Waals surface area contributed by atoms with Gasteiger partial charge < -0.3 is 10.1 Å². The molecule has 2 aromatic rings. The number of nitrogens with one attached hydrogen (secondary N) is 1. The quantitative estimate of drug-likeness (QED) is 0.932. The predicted octanol–water partition coefficient (Wildman–Crippen LogP) is 1.86.